The zero-order chi connectivity index (χ0) is 8.10. The fraction of sp³-hybridized carbons (Fsp3) is 0.636. The lowest BCUT2D eigenvalue weighted by atomic mass is 9.96. The molecule has 0 spiro atoms. The van der Waals surface area contributed by atoms with Gasteiger partial charge >= 0.3 is 0 Å². The largest absolute Gasteiger partial charge is 0.0882 e. The van der Waals surface area contributed by atoms with Gasteiger partial charge in [-0.15, -0.1) is 0 Å². The van der Waals surface area contributed by atoms with E-state index in [1.165, 1.54) is 25.7 Å². The fourth-order valence-corrected chi connectivity index (χ4v) is 1.42. The summed E-state index contributed by atoms with van der Waals surface area (Å²) in [5.74, 6) is 0.734. The molecule has 11 heavy (non-hydrogen) atoms. The normalized spacial score (nSPS) is 27.0. The smallest absolute Gasteiger partial charge is 0.0136 e. The van der Waals surface area contributed by atoms with Gasteiger partial charge in [-0.25, -0.2) is 0 Å². The number of hydrogen-bond donors (Lipinski definition) is 0. The maximum absolute atomic E-state index is 2.42. The molecule has 0 saturated carbocycles. The molecule has 0 radical (unpaired) electrons. The molecule has 0 saturated heterocycles. The minimum Gasteiger partial charge on any atom is -0.0882 e. The highest BCUT2D eigenvalue weighted by molar-refractivity contribution is 5.11. The number of allylic oxidation sites excluding steroid dienone is 4. The highest BCUT2D eigenvalue weighted by atomic mass is 14.1. The summed E-state index contributed by atoms with van der Waals surface area (Å²) >= 11 is 0. The molecule has 0 amide bonds. The molecule has 62 valence electrons. The lowest BCUT2D eigenvalue weighted by molar-refractivity contribution is 0.723. The molecule has 0 fully saturated rings. The minimum atomic E-state index is 0.734. The molecule has 1 aliphatic carbocycles. The monoisotopic (exact) mass is 150 g/mol. The van der Waals surface area contributed by atoms with E-state index < -0.39 is 0 Å². The average Bonchev–Trinajstić information content (AvgIpc) is 1.84. The molecule has 0 unspecified atom stereocenters. The molecule has 1 aliphatic rings. The predicted molar refractivity (Wildman–Crippen MR) is 50.5 cm³/mol. The van der Waals surface area contributed by atoms with Crippen molar-refractivity contribution in [2.45, 2.75) is 39.5 Å². The molecule has 0 heterocycles. The van der Waals surface area contributed by atoms with Crippen LogP contribution in [0.4, 0.5) is 0 Å². The van der Waals surface area contributed by atoms with E-state index in [9.17, 15) is 0 Å². The summed E-state index contributed by atoms with van der Waals surface area (Å²) in [6, 6.07) is 0. The molecule has 0 aliphatic heterocycles. The van der Waals surface area contributed by atoms with Crippen molar-refractivity contribution in [2.24, 2.45) is 5.92 Å². The molecule has 0 aromatic carbocycles. The Bertz CT molecular complexity index is 161. The summed E-state index contributed by atoms with van der Waals surface area (Å²) < 4.78 is 0. The molecular weight excluding hydrogens is 132 g/mol. The maximum Gasteiger partial charge on any atom is -0.0136 e. The second-order valence-electron chi connectivity index (χ2n) is 3.54. The van der Waals surface area contributed by atoms with Crippen LogP contribution in [0.3, 0.4) is 0 Å². The van der Waals surface area contributed by atoms with Gasteiger partial charge in [-0.2, -0.15) is 0 Å². The average molecular weight is 150 g/mol. The van der Waals surface area contributed by atoms with Gasteiger partial charge in [-0.3, -0.25) is 0 Å². The molecule has 0 nitrogen and oxygen atoms in total. The van der Waals surface area contributed by atoms with Crippen molar-refractivity contribution in [3.63, 3.8) is 0 Å². The first-order valence-corrected chi connectivity index (χ1v) is 4.64. The SMILES string of the molecule is CC(C)/C1=C/CCC/C=C\C1. The van der Waals surface area contributed by atoms with Crippen molar-refractivity contribution >= 4 is 0 Å². The van der Waals surface area contributed by atoms with Crippen molar-refractivity contribution in [1.82, 2.24) is 0 Å². The van der Waals surface area contributed by atoms with Crippen molar-refractivity contribution in [1.29, 1.82) is 0 Å². The van der Waals surface area contributed by atoms with E-state index >= 15 is 0 Å². The minimum absolute atomic E-state index is 0.734. The highest BCUT2D eigenvalue weighted by Gasteiger charge is 2.01. The molecule has 0 N–H and O–H groups in total. The van der Waals surface area contributed by atoms with Gasteiger partial charge in [0.1, 0.15) is 0 Å². The van der Waals surface area contributed by atoms with Crippen molar-refractivity contribution in [3.05, 3.63) is 23.8 Å². The van der Waals surface area contributed by atoms with Crippen LogP contribution in [0.1, 0.15) is 39.5 Å². The summed E-state index contributed by atoms with van der Waals surface area (Å²) in [6.45, 7) is 4.56. The van der Waals surface area contributed by atoms with Crippen molar-refractivity contribution in [2.75, 3.05) is 0 Å². The third-order valence-electron chi connectivity index (χ3n) is 2.24. The van der Waals surface area contributed by atoms with E-state index in [0.717, 1.165) is 5.92 Å². The fourth-order valence-electron chi connectivity index (χ4n) is 1.42. The van der Waals surface area contributed by atoms with Gasteiger partial charge in [0.2, 0.25) is 0 Å². The second kappa shape index (κ2) is 4.38. The van der Waals surface area contributed by atoms with Gasteiger partial charge in [0, 0.05) is 0 Å². The Balaban J connectivity index is 2.54. The lowest BCUT2D eigenvalue weighted by Crippen LogP contribution is -1.94. The second-order valence-corrected chi connectivity index (χ2v) is 3.54. The Morgan fingerprint density at radius 3 is 2.73 bits per heavy atom. The van der Waals surface area contributed by atoms with E-state index in [1.807, 2.05) is 0 Å². The van der Waals surface area contributed by atoms with E-state index in [2.05, 4.69) is 32.1 Å². The van der Waals surface area contributed by atoms with Crippen LogP contribution in [0.5, 0.6) is 0 Å². The van der Waals surface area contributed by atoms with E-state index in [0.29, 0.717) is 0 Å². The van der Waals surface area contributed by atoms with Crippen LogP contribution >= 0.6 is 0 Å². The Hall–Kier alpha value is -0.520. The van der Waals surface area contributed by atoms with E-state index in [1.54, 1.807) is 5.57 Å². The highest BCUT2D eigenvalue weighted by Crippen LogP contribution is 2.18. The zero-order valence-corrected chi connectivity index (χ0v) is 7.64. The summed E-state index contributed by atoms with van der Waals surface area (Å²) in [6.07, 6.45) is 12.1. The van der Waals surface area contributed by atoms with Crippen molar-refractivity contribution in [3.8, 4) is 0 Å². The molecule has 0 bridgehead atoms. The van der Waals surface area contributed by atoms with Gasteiger partial charge < -0.3 is 0 Å². The molecule has 0 heteroatoms. The van der Waals surface area contributed by atoms with Gasteiger partial charge in [0.25, 0.3) is 0 Å². The first-order chi connectivity index (χ1) is 5.30. The van der Waals surface area contributed by atoms with Crippen LogP contribution in [0.25, 0.3) is 0 Å². The van der Waals surface area contributed by atoms with Gasteiger partial charge in [0.15, 0.2) is 0 Å². The zero-order valence-electron chi connectivity index (χ0n) is 7.64. The van der Waals surface area contributed by atoms with Crippen LogP contribution < -0.4 is 0 Å². The standard InChI is InChI=1S/C11H18/c1-10(2)11-8-6-4-3-5-7-9-11/h4,6,9-10H,3,5,7-8H2,1-2H3/b6-4-,11-9+. The third-order valence-corrected chi connectivity index (χ3v) is 2.24. The molecular formula is C11H18. The van der Waals surface area contributed by atoms with Crippen LogP contribution in [-0.2, 0) is 0 Å². The molecule has 0 aromatic heterocycles. The van der Waals surface area contributed by atoms with Crippen LogP contribution in [0, 0.1) is 5.92 Å². The Labute approximate surface area is 70.0 Å². The van der Waals surface area contributed by atoms with Gasteiger partial charge in [0.05, 0.1) is 0 Å². The summed E-state index contributed by atoms with van der Waals surface area (Å²) in [4.78, 5) is 0. The van der Waals surface area contributed by atoms with E-state index in [-0.39, 0.29) is 0 Å². The molecule has 0 atom stereocenters. The Morgan fingerprint density at radius 2 is 2.00 bits per heavy atom. The summed E-state index contributed by atoms with van der Waals surface area (Å²) in [5, 5.41) is 0. The van der Waals surface area contributed by atoms with Gasteiger partial charge in [-0.05, 0) is 31.6 Å². The Kier molecular flexibility index (Phi) is 3.41. The summed E-state index contributed by atoms with van der Waals surface area (Å²) in [5.41, 5.74) is 1.61. The van der Waals surface area contributed by atoms with Crippen LogP contribution in [-0.4, -0.2) is 0 Å². The maximum atomic E-state index is 2.42. The third kappa shape index (κ3) is 2.92. The van der Waals surface area contributed by atoms with Gasteiger partial charge in [-0.1, -0.05) is 37.6 Å². The first-order valence-electron chi connectivity index (χ1n) is 4.64. The first kappa shape index (κ1) is 8.58. The summed E-state index contributed by atoms with van der Waals surface area (Å²) in [7, 11) is 0. The van der Waals surface area contributed by atoms with Crippen LogP contribution in [0.15, 0.2) is 23.8 Å². The molecule has 1 rings (SSSR count). The number of hydrogen-bond acceptors (Lipinski definition) is 0. The van der Waals surface area contributed by atoms with E-state index in [4.69, 9.17) is 0 Å². The predicted octanol–water partition coefficient (Wildman–Crippen LogP) is 3.70. The van der Waals surface area contributed by atoms with Crippen molar-refractivity contribution < 1.29 is 0 Å². The van der Waals surface area contributed by atoms with Crippen LogP contribution in [0.2, 0.25) is 0 Å². The Morgan fingerprint density at radius 1 is 1.18 bits per heavy atom. The number of rotatable bonds is 1. The quantitative estimate of drug-likeness (QED) is 0.500. The molecule has 0 aromatic rings. The lowest BCUT2D eigenvalue weighted by Gasteiger charge is -2.10. The topological polar surface area (TPSA) is 0 Å².